The Kier molecular flexibility index (Phi) is 3.61. The van der Waals surface area contributed by atoms with E-state index in [0.29, 0.717) is 18.7 Å². The molecule has 0 amide bonds. The molecule has 19 heavy (non-hydrogen) atoms. The summed E-state index contributed by atoms with van der Waals surface area (Å²) in [5, 5.41) is 4.03. The van der Waals surface area contributed by atoms with E-state index in [1.165, 1.54) is 16.8 Å². The van der Waals surface area contributed by atoms with E-state index in [9.17, 15) is 13.2 Å². The Morgan fingerprint density at radius 3 is 2.58 bits per heavy atom. The van der Waals surface area contributed by atoms with Gasteiger partial charge in [0.25, 0.3) is 0 Å². The molecular weight excluding hydrogens is 255 g/mol. The highest BCUT2D eigenvalue weighted by atomic mass is 19.4. The number of hydrogen-bond donors (Lipinski definition) is 1. The summed E-state index contributed by atoms with van der Waals surface area (Å²) in [6.45, 7) is 0.368. The van der Waals surface area contributed by atoms with E-state index in [2.05, 4.69) is 5.10 Å². The zero-order chi connectivity index (χ0) is 14.0. The Labute approximate surface area is 108 Å². The molecule has 1 aromatic heterocycles. The van der Waals surface area contributed by atoms with Crippen LogP contribution in [0.25, 0.3) is 11.3 Å². The van der Waals surface area contributed by atoms with Crippen molar-refractivity contribution in [2.45, 2.75) is 12.6 Å². The Morgan fingerprint density at radius 1 is 1.26 bits per heavy atom. The standard InChI is InChI=1S/C13H14F3N3/c1-19-12(9(6-7-17)8-18-19)10-4-2-3-5-11(10)13(14,15)16/h2-5,8H,6-7,17H2,1H3. The van der Waals surface area contributed by atoms with Crippen molar-refractivity contribution < 1.29 is 13.2 Å². The van der Waals surface area contributed by atoms with Crippen LogP contribution in [0.3, 0.4) is 0 Å². The first kappa shape index (κ1) is 13.6. The van der Waals surface area contributed by atoms with Gasteiger partial charge in [-0.05, 0) is 24.6 Å². The highest BCUT2D eigenvalue weighted by molar-refractivity contribution is 5.68. The van der Waals surface area contributed by atoms with Crippen molar-refractivity contribution in [3.8, 4) is 11.3 Å². The molecular formula is C13H14F3N3. The van der Waals surface area contributed by atoms with Crippen LogP contribution in [-0.4, -0.2) is 16.3 Å². The summed E-state index contributed by atoms with van der Waals surface area (Å²) in [5.74, 6) is 0. The molecule has 0 aliphatic rings. The van der Waals surface area contributed by atoms with Gasteiger partial charge in [-0.3, -0.25) is 4.68 Å². The largest absolute Gasteiger partial charge is 0.417 e. The molecule has 0 saturated carbocycles. The third-order valence-corrected chi connectivity index (χ3v) is 2.92. The molecule has 102 valence electrons. The smallest absolute Gasteiger partial charge is 0.330 e. The van der Waals surface area contributed by atoms with E-state index in [-0.39, 0.29) is 5.56 Å². The van der Waals surface area contributed by atoms with Crippen LogP contribution in [0.5, 0.6) is 0 Å². The molecule has 0 aliphatic carbocycles. The molecule has 1 heterocycles. The lowest BCUT2D eigenvalue weighted by Crippen LogP contribution is -2.10. The highest BCUT2D eigenvalue weighted by Crippen LogP contribution is 2.37. The van der Waals surface area contributed by atoms with Crippen molar-refractivity contribution in [1.82, 2.24) is 9.78 Å². The highest BCUT2D eigenvalue weighted by Gasteiger charge is 2.34. The van der Waals surface area contributed by atoms with Crippen molar-refractivity contribution in [2.24, 2.45) is 12.8 Å². The second-order valence-electron chi connectivity index (χ2n) is 4.22. The quantitative estimate of drug-likeness (QED) is 0.930. The molecule has 0 fully saturated rings. The van der Waals surface area contributed by atoms with E-state index in [0.717, 1.165) is 11.6 Å². The Balaban J connectivity index is 2.63. The van der Waals surface area contributed by atoms with Crippen LogP contribution < -0.4 is 5.73 Å². The summed E-state index contributed by atoms with van der Waals surface area (Å²) in [6, 6.07) is 5.50. The normalized spacial score (nSPS) is 11.8. The molecule has 0 aliphatic heterocycles. The minimum Gasteiger partial charge on any atom is -0.330 e. The van der Waals surface area contributed by atoms with Gasteiger partial charge in [-0.1, -0.05) is 18.2 Å². The zero-order valence-electron chi connectivity index (χ0n) is 10.4. The fourth-order valence-corrected chi connectivity index (χ4v) is 2.11. The molecule has 3 nitrogen and oxygen atoms in total. The van der Waals surface area contributed by atoms with Crippen molar-refractivity contribution >= 4 is 0 Å². The lowest BCUT2D eigenvalue weighted by Gasteiger charge is -2.14. The molecule has 0 radical (unpaired) electrons. The summed E-state index contributed by atoms with van der Waals surface area (Å²) in [5.41, 5.74) is 6.16. The molecule has 0 atom stereocenters. The molecule has 0 saturated heterocycles. The Morgan fingerprint density at radius 2 is 1.95 bits per heavy atom. The number of alkyl halides is 3. The van der Waals surface area contributed by atoms with Gasteiger partial charge in [0.15, 0.2) is 0 Å². The first-order valence-corrected chi connectivity index (χ1v) is 5.82. The molecule has 0 unspecified atom stereocenters. The van der Waals surface area contributed by atoms with Crippen molar-refractivity contribution in [3.05, 3.63) is 41.6 Å². The summed E-state index contributed by atoms with van der Waals surface area (Å²) >= 11 is 0. The average molecular weight is 269 g/mol. The van der Waals surface area contributed by atoms with Gasteiger partial charge in [0.05, 0.1) is 17.5 Å². The summed E-state index contributed by atoms with van der Waals surface area (Å²) in [7, 11) is 1.63. The van der Waals surface area contributed by atoms with E-state index in [1.807, 2.05) is 0 Å². The van der Waals surface area contributed by atoms with Crippen LogP contribution >= 0.6 is 0 Å². The van der Waals surface area contributed by atoms with Gasteiger partial charge >= 0.3 is 6.18 Å². The van der Waals surface area contributed by atoms with Crippen LogP contribution in [-0.2, 0) is 19.6 Å². The first-order chi connectivity index (χ1) is 8.95. The van der Waals surface area contributed by atoms with Crippen molar-refractivity contribution in [1.29, 1.82) is 0 Å². The summed E-state index contributed by atoms with van der Waals surface area (Å²) in [4.78, 5) is 0. The Bertz CT molecular complexity index is 573. The fraction of sp³-hybridized carbons (Fsp3) is 0.308. The third-order valence-electron chi connectivity index (χ3n) is 2.92. The van der Waals surface area contributed by atoms with E-state index in [4.69, 9.17) is 5.73 Å². The Hall–Kier alpha value is -1.82. The number of aryl methyl sites for hydroxylation is 1. The summed E-state index contributed by atoms with van der Waals surface area (Å²) in [6.07, 6.45) is -2.33. The predicted octanol–water partition coefficient (Wildman–Crippen LogP) is 2.61. The SMILES string of the molecule is Cn1ncc(CCN)c1-c1ccccc1C(F)(F)F. The van der Waals surface area contributed by atoms with Gasteiger partial charge in [-0.2, -0.15) is 18.3 Å². The topological polar surface area (TPSA) is 43.8 Å². The second-order valence-corrected chi connectivity index (χ2v) is 4.22. The number of rotatable bonds is 3. The van der Waals surface area contributed by atoms with Crippen LogP contribution in [0.1, 0.15) is 11.1 Å². The lowest BCUT2D eigenvalue weighted by atomic mass is 10.00. The van der Waals surface area contributed by atoms with Crippen LogP contribution in [0.15, 0.2) is 30.5 Å². The number of benzene rings is 1. The maximum absolute atomic E-state index is 13.0. The van der Waals surface area contributed by atoms with Crippen LogP contribution in [0.2, 0.25) is 0 Å². The van der Waals surface area contributed by atoms with Gasteiger partial charge in [0.2, 0.25) is 0 Å². The number of nitrogens with zero attached hydrogens (tertiary/aromatic N) is 2. The molecule has 2 aromatic rings. The zero-order valence-corrected chi connectivity index (χ0v) is 10.4. The van der Waals surface area contributed by atoms with E-state index in [1.54, 1.807) is 19.3 Å². The molecule has 1 aromatic carbocycles. The van der Waals surface area contributed by atoms with Gasteiger partial charge in [0.1, 0.15) is 0 Å². The maximum Gasteiger partial charge on any atom is 0.417 e. The summed E-state index contributed by atoms with van der Waals surface area (Å²) < 4.78 is 40.6. The lowest BCUT2D eigenvalue weighted by molar-refractivity contribution is -0.137. The van der Waals surface area contributed by atoms with Crippen molar-refractivity contribution in [3.63, 3.8) is 0 Å². The molecule has 0 spiro atoms. The second kappa shape index (κ2) is 5.05. The van der Waals surface area contributed by atoms with Gasteiger partial charge in [0, 0.05) is 12.6 Å². The van der Waals surface area contributed by atoms with Crippen LogP contribution in [0, 0.1) is 0 Å². The fourth-order valence-electron chi connectivity index (χ4n) is 2.11. The first-order valence-electron chi connectivity index (χ1n) is 5.82. The van der Waals surface area contributed by atoms with E-state index < -0.39 is 11.7 Å². The maximum atomic E-state index is 13.0. The minimum atomic E-state index is -4.39. The monoisotopic (exact) mass is 269 g/mol. The van der Waals surface area contributed by atoms with Gasteiger partial charge < -0.3 is 5.73 Å². The van der Waals surface area contributed by atoms with E-state index >= 15 is 0 Å². The van der Waals surface area contributed by atoms with Crippen molar-refractivity contribution in [2.75, 3.05) is 6.54 Å². The number of hydrogen-bond acceptors (Lipinski definition) is 2. The number of aromatic nitrogens is 2. The van der Waals surface area contributed by atoms with Gasteiger partial charge in [-0.15, -0.1) is 0 Å². The van der Waals surface area contributed by atoms with Gasteiger partial charge in [-0.25, -0.2) is 0 Å². The molecule has 2 N–H and O–H groups in total. The minimum absolute atomic E-state index is 0.137. The molecule has 6 heteroatoms. The molecule has 2 rings (SSSR count). The number of nitrogens with two attached hydrogens (primary N) is 1. The van der Waals surface area contributed by atoms with Crippen LogP contribution in [0.4, 0.5) is 13.2 Å². The predicted molar refractivity (Wildman–Crippen MR) is 66.4 cm³/mol. The third kappa shape index (κ3) is 2.63. The molecule has 0 bridgehead atoms. The average Bonchev–Trinajstić information content (AvgIpc) is 2.70. The number of halogens is 3.